The van der Waals surface area contributed by atoms with Crippen LogP contribution in [-0.2, 0) is 0 Å². The highest BCUT2D eigenvalue weighted by Crippen LogP contribution is 2.20. The molecule has 0 atom stereocenters. The molecule has 0 aliphatic carbocycles. The molecule has 1 amide bonds. The second-order valence-electron chi connectivity index (χ2n) is 4.89. The Bertz CT molecular complexity index is 880. The Hall–Kier alpha value is -3.61. The van der Waals surface area contributed by atoms with Crippen LogP contribution < -0.4 is 5.32 Å². The van der Waals surface area contributed by atoms with Gasteiger partial charge < -0.3 is 5.32 Å². The number of nitro benzene ring substituents is 1. The van der Waals surface area contributed by atoms with Gasteiger partial charge in [0.2, 0.25) is 0 Å². The third-order valence-corrected chi connectivity index (χ3v) is 3.29. The summed E-state index contributed by atoms with van der Waals surface area (Å²) in [5, 5.41) is 13.5. The molecule has 0 spiro atoms. The number of aromatic nitrogens is 2. The van der Waals surface area contributed by atoms with Gasteiger partial charge in [0.15, 0.2) is 5.82 Å². The largest absolute Gasteiger partial charge is 0.319 e. The molecule has 118 valence electrons. The first-order valence-corrected chi connectivity index (χ1v) is 7.07. The van der Waals surface area contributed by atoms with Crippen molar-refractivity contribution in [3.8, 4) is 11.4 Å². The summed E-state index contributed by atoms with van der Waals surface area (Å²) in [5.41, 5.74) is 0.943. The molecular weight excluding hydrogens is 308 g/mol. The maximum absolute atomic E-state index is 12.2. The van der Waals surface area contributed by atoms with Gasteiger partial charge in [0, 0.05) is 11.6 Å². The van der Waals surface area contributed by atoms with Gasteiger partial charge in [0.05, 0.1) is 23.0 Å². The third kappa shape index (κ3) is 3.25. The van der Waals surface area contributed by atoms with E-state index in [1.807, 2.05) is 30.3 Å². The fourth-order valence-corrected chi connectivity index (χ4v) is 2.15. The molecule has 3 aromatic rings. The summed E-state index contributed by atoms with van der Waals surface area (Å²) in [6.07, 6.45) is 2.92. The number of hydrogen-bond donors (Lipinski definition) is 1. The van der Waals surface area contributed by atoms with Crippen molar-refractivity contribution in [2.75, 3.05) is 5.32 Å². The zero-order chi connectivity index (χ0) is 16.9. The molecule has 1 heterocycles. The number of benzene rings is 2. The minimum atomic E-state index is -0.593. The maximum atomic E-state index is 12.2. The van der Waals surface area contributed by atoms with Crippen LogP contribution in [0.25, 0.3) is 11.4 Å². The first-order chi connectivity index (χ1) is 11.6. The predicted octanol–water partition coefficient (Wildman–Crippen LogP) is 3.30. The summed E-state index contributed by atoms with van der Waals surface area (Å²) in [7, 11) is 0. The first kappa shape index (κ1) is 15.3. The molecule has 0 unspecified atom stereocenters. The van der Waals surface area contributed by atoms with E-state index < -0.39 is 10.8 Å². The average Bonchev–Trinajstić information content (AvgIpc) is 2.63. The van der Waals surface area contributed by atoms with Gasteiger partial charge in [-0.05, 0) is 6.07 Å². The number of rotatable bonds is 4. The minimum absolute atomic E-state index is 0.0189. The van der Waals surface area contributed by atoms with E-state index in [-0.39, 0.29) is 11.3 Å². The molecule has 1 aromatic heterocycles. The smallest absolute Gasteiger partial charge is 0.282 e. The Morgan fingerprint density at radius 2 is 1.58 bits per heavy atom. The highest BCUT2D eigenvalue weighted by Gasteiger charge is 2.19. The van der Waals surface area contributed by atoms with E-state index in [4.69, 9.17) is 0 Å². The van der Waals surface area contributed by atoms with Crippen LogP contribution in [0.4, 0.5) is 11.4 Å². The first-order valence-electron chi connectivity index (χ1n) is 7.07. The average molecular weight is 320 g/mol. The van der Waals surface area contributed by atoms with E-state index in [2.05, 4.69) is 15.3 Å². The van der Waals surface area contributed by atoms with Crippen LogP contribution in [-0.4, -0.2) is 20.8 Å². The molecule has 1 N–H and O–H groups in total. The van der Waals surface area contributed by atoms with Crippen molar-refractivity contribution in [1.29, 1.82) is 0 Å². The van der Waals surface area contributed by atoms with Gasteiger partial charge in [-0.2, -0.15) is 0 Å². The molecule has 0 bridgehead atoms. The lowest BCUT2D eigenvalue weighted by Gasteiger charge is -2.06. The van der Waals surface area contributed by atoms with Crippen molar-refractivity contribution in [3.63, 3.8) is 0 Å². The fraction of sp³-hybridized carbons (Fsp3) is 0. The summed E-state index contributed by atoms with van der Waals surface area (Å²) in [5.74, 6) is -0.0577. The van der Waals surface area contributed by atoms with Gasteiger partial charge in [-0.1, -0.05) is 42.5 Å². The fourth-order valence-electron chi connectivity index (χ4n) is 2.15. The van der Waals surface area contributed by atoms with E-state index in [0.29, 0.717) is 11.5 Å². The van der Waals surface area contributed by atoms with Crippen molar-refractivity contribution in [3.05, 3.63) is 82.7 Å². The van der Waals surface area contributed by atoms with Gasteiger partial charge in [-0.25, -0.2) is 9.97 Å². The van der Waals surface area contributed by atoms with Crippen LogP contribution in [0.3, 0.4) is 0 Å². The Balaban J connectivity index is 1.80. The van der Waals surface area contributed by atoms with E-state index in [0.717, 1.165) is 5.56 Å². The number of hydrogen-bond acceptors (Lipinski definition) is 5. The molecule has 24 heavy (non-hydrogen) atoms. The highest BCUT2D eigenvalue weighted by atomic mass is 16.6. The van der Waals surface area contributed by atoms with Crippen LogP contribution in [0.2, 0.25) is 0 Å². The standard InChI is InChI=1S/C17H12N4O3/c22-17(14-8-4-5-9-15(14)21(23)24)20-13-10-18-16(19-11-13)12-6-2-1-3-7-12/h1-11H,(H,20,22). The van der Waals surface area contributed by atoms with Crippen LogP contribution in [0.1, 0.15) is 10.4 Å². The van der Waals surface area contributed by atoms with E-state index in [9.17, 15) is 14.9 Å². The van der Waals surface area contributed by atoms with Crippen molar-refractivity contribution in [2.24, 2.45) is 0 Å². The minimum Gasteiger partial charge on any atom is -0.319 e. The molecular formula is C17H12N4O3. The Labute approximate surface area is 137 Å². The second kappa shape index (κ2) is 6.66. The lowest BCUT2D eigenvalue weighted by atomic mass is 10.1. The van der Waals surface area contributed by atoms with E-state index in [1.54, 1.807) is 6.07 Å². The lowest BCUT2D eigenvalue weighted by Crippen LogP contribution is -2.14. The predicted molar refractivity (Wildman–Crippen MR) is 88.5 cm³/mol. The molecule has 3 rings (SSSR count). The molecule has 0 aliphatic heterocycles. The summed E-state index contributed by atoms with van der Waals surface area (Å²) >= 11 is 0. The normalized spacial score (nSPS) is 10.2. The van der Waals surface area contributed by atoms with Gasteiger partial charge in [0.25, 0.3) is 11.6 Å². The van der Waals surface area contributed by atoms with Crippen molar-refractivity contribution >= 4 is 17.3 Å². The summed E-state index contributed by atoms with van der Waals surface area (Å²) < 4.78 is 0. The maximum Gasteiger partial charge on any atom is 0.282 e. The van der Waals surface area contributed by atoms with Gasteiger partial charge in [-0.3, -0.25) is 14.9 Å². The van der Waals surface area contributed by atoms with Crippen LogP contribution in [0.15, 0.2) is 67.0 Å². The molecule has 2 aromatic carbocycles. The number of amides is 1. The number of anilines is 1. The highest BCUT2D eigenvalue weighted by molar-refractivity contribution is 6.06. The number of carbonyl (C=O) groups is 1. The lowest BCUT2D eigenvalue weighted by molar-refractivity contribution is -0.385. The van der Waals surface area contributed by atoms with E-state index in [1.165, 1.54) is 30.6 Å². The number of para-hydroxylation sites is 1. The van der Waals surface area contributed by atoms with Crippen LogP contribution in [0, 0.1) is 10.1 Å². The third-order valence-electron chi connectivity index (χ3n) is 3.29. The molecule has 7 nitrogen and oxygen atoms in total. The van der Waals surface area contributed by atoms with Crippen molar-refractivity contribution < 1.29 is 9.72 Å². The number of nitrogens with zero attached hydrogens (tertiary/aromatic N) is 3. The van der Waals surface area contributed by atoms with E-state index >= 15 is 0 Å². The molecule has 0 radical (unpaired) electrons. The second-order valence-corrected chi connectivity index (χ2v) is 4.89. The molecule has 0 fully saturated rings. The molecule has 0 saturated carbocycles. The summed E-state index contributed by atoms with van der Waals surface area (Å²) in [4.78, 5) is 31.0. The molecule has 0 aliphatic rings. The number of nitro groups is 1. The summed E-state index contributed by atoms with van der Waals surface area (Å²) in [6, 6.07) is 15.2. The number of carbonyl (C=O) groups excluding carboxylic acids is 1. The number of nitrogens with one attached hydrogen (secondary N) is 1. The topological polar surface area (TPSA) is 98.0 Å². The SMILES string of the molecule is O=C(Nc1cnc(-c2ccccc2)nc1)c1ccccc1[N+](=O)[O-]. The zero-order valence-corrected chi connectivity index (χ0v) is 12.4. The monoisotopic (exact) mass is 320 g/mol. The van der Waals surface area contributed by atoms with Crippen LogP contribution in [0.5, 0.6) is 0 Å². The van der Waals surface area contributed by atoms with Crippen molar-refractivity contribution in [2.45, 2.75) is 0 Å². The zero-order valence-electron chi connectivity index (χ0n) is 12.4. The van der Waals surface area contributed by atoms with Gasteiger partial charge >= 0.3 is 0 Å². The Morgan fingerprint density at radius 3 is 2.25 bits per heavy atom. The van der Waals surface area contributed by atoms with Crippen molar-refractivity contribution in [1.82, 2.24) is 9.97 Å². The summed E-state index contributed by atoms with van der Waals surface area (Å²) in [6.45, 7) is 0. The Morgan fingerprint density at radius 1 is 0.958 bits per heavy atom. The van der Waals surface area contributed by atoms with Gasteiger partial charge in [-0.15, -0.1) is 0 Å². The van der Waals surface area contributed by atoms with Gasteiger partial charge in [0.1, 0.15) is 5.56 Å². The molecule has 7 heteroatoms. The quantitative estimate of drug-likeness (QED) is 0.587. The Kier molecular flexibility index (Phi) is 4.24. The van der Waals surface area contributed by atoms with Crippen LogP contribution >= 0.6 is 0 Å². The molecule has 0 saturated heterocycles.